The van der Waals surface area contributed by atoms with Crippen LogP contribution in [0, 0.1) is 0 Å². The number of carbonyl (C=O) groups excluding carboxylic acids is 1. The van der Waals surface area contributed by atoms with Crippen molar-refractivity contribution < 1.29 is 4.79 Å². The summed E-state index contributed by atoms with van der Waals surface area (Å²) in [5.74, 6) is 0.0751. The SMILES string of the molecule is CC(=O)/C(C)=C/C=S. The summed E-state index contributed by atoms with van der Waals surface area (Å²) in [5, 5.41) is 1.44. The number of ketones is 1. The van der Waals surface area contributed by atoms with Gasteiger partial charge < -0.3 is 0 Å². The van der Waals surface area contributed by atoms with E-state index in [-0.39, 0.29) is 5.78 Å². The van der Waals surface area contributed by atoms with E-state index in [0.29, 0.717) is 5.57 Å². The van der Waals surface area contributed by atoms with Gasteiger partial charge in [0.1, 0.15) is 0 Å². The van der Waals surface area contributed by atoms with Gasteiger partial charge in [-0.25, -0.2) is 0 Å². The van der Waals surface area contributed by atoms with E-state index in [1.165, 1.54) is 12.3 Å². The van der Waals surface area contributed by atoms with Gasteiger partial charge in [-0.15, -0.1) is 0 Å². The summed E-state index contributed by atoms with van der Waals surface area (Å²) in [6.45, 7) is 3.26. The van der Waals surface area contributed by atoms with Crippen molar-refractivity contribution in [3.8, 4) is 0 Å². The molecule has 0 atom stereocenters. The quantitative estimate of drug-likeness (QED) is 0.414. The van der Waals surface area contributed by atoms with Gasteiger partial charge in [-0.05, 0) is 25.5 Å². The van der Waals surface area contributed by atoms with Crippen molar-refractivity contribution in [3.05, 3.63) is 11.6 Å². The molecule has 0 aliphatic rings. The molecule has 0 N–H and O–H groups in total. The van der Waals surface area contributed by atoms with Gasteiger partial charge in [0, 0.05) is 5.37 Å². The van der Waals surface area contributed by atoms with Crippen molar-refractivity contribution in [1.29, 1.82) is 0 Å². The summed E-state index contributed by atoms with van der Waals surface area (Å²) < 4.78 is 0. The molecule has 0 aromatic carbocycles. The van der Waals surface area contributed by atoms with Crippen LogP contribution in [0.25, 0.3) is 0 Å². The summed E-state index contributed by atoms with van der Waals surface area (Å²) in [7, 11) is 0. The molecular weight excluding hydrogens is 120 g/mol. The van der Waals surface area contributed by atoms with Crippen LogP contribution >= 0.6 is 12.2 Å². The Morgan fingerprint density at radius 1 is 1.50 bits per heavy atom. The highest BCUT2D eigenvalue weighted by Gasteiger charge is 1.90. The highest BCUT2D eigenvalue weighted by molar-refractivity contribution is 7.79. The molecule has 0 aromatic rings. The maximum atomic E-state index is 10.4. The van der Waals surface area contributed by atoms with E-state index < -0.39 is 0 Å². The van der Waals surface area contributed by atoms with Crippen LogP contribution in [0.3, 0.4) is 0 Å². The Morgan fingerprint density at radius 3 is 2.12 bits per heavy atom. The molecule has 0 rings (SSSR count). The van der Waals surface area contributed by atoms with E-state index in [0.717, 1.165) is 0 Å². The van der Waals surface area contributed by atoms with Gasteiger partial charge in [0.2, 0.25) is 0 Å². The lowest BCUT2D eigenvalue weighted by atomic mass is 10.2. The molecule has 0 saturated carbocycles. The summed E-state index contributed by atoms with van der Waals surface area (Å²) in [5.41, 5.74) is 0.708. The zero-order valence-electron chi connectivity index (χ0n) is 4.97. The van der Waals surface area contributed by atoms with Crippen LogP contribution < -0.4 is 0 Å². The molecule has 0 aromatic heterocycles. The van der Waals surface area contributed by atoms with Crippen molar-refractivity contribution in [1.82, 2.24) is 0 Å². The number of Topliss-reactive ketones (excluding diaryl/α,β-unsaturated/α-hetero) is 1. The first kappa shape index (κ1) is 7.50. The Hall–Kier alpha value is -0.500. The molecule has 0 fully saturated rings. The first-order valence-electron chi connectivity index (χ1n) is 2.31. The largest absolute Gasteiger partial charge is 0.295 e. The van der Waals surface area contributed by atoms with Gasteiger partial charge in [-0.1, -0.05) is 12.2 Å². The molecular formula is C6H8OS. The number of hydrogen-bond donors (Lipinski definition) is 0. The van der Waals surface area contributed by atoms with E-state index in [4.69, 9.17) is 0 Å². The van der Waals surface area contributed by atoms with Crippen LogP contribution in [0.4, 0.5) is 0 Å². The fraction of sp³-hybridized carbons (Fsp3) is 0.333. The van der Waals surface area contributed by atoms with E-state index in [1.54, 1.807) is 13.0 Å². The number of hydrogen-bond acceptors (Lipinski definition) is 2. The second-order valence-corrected chi connectivity index (χ2v) is 1.81. The zero-order chi connectivity index (χ0) is 6.57. The zero-order valence-corrected chi connectivity index (χ0v) is 5.79. The summed E-state index contributed by atoms with van der Waals surface area (Å²) in [6.07, 6.45) is 1.62. The predicted octanol–water partition coefficient (Wildman–Crippen LogP) is 1.52. The fourth-order valence-electron chi connectivity index (χ4n) is 0.219. The maximum absolute atomic E-state index is 10.4. The molecule has 0 aliphatic carbocycles. The topological polar surface area (TPSA) is 17.1 Å². The van der Waals surface area contributed by atoms with Crippen molar-refractivity contribution in [2.24, 2.45) is 0 Å². The lowest BCUT2D eigenvalue weighted by Gasteiger charge is -1.85. The molecule has 0 bridgehead atoms. The minimum Gasteiger partial charge on any atom is -0.295 e. The molecule has 44 valence electrons. The van der Waals surface area contributed by atoms with Gasteiger partial charge in [0.05, 0.1) is 0 Å². The first-order valence-corrected chi connectivity index (χ1v) is 2.78. The van der Waals surface area contributed by atoms with Crippen molar-refractivity contribution in [2.45, 2.75) is 13.8 Å². The molecule has 0 spiro atoms. The molecule has 0 unspecified atom stereocenters. The third-order valence-corrected chi connectivity index (χ3v) is 1.01. The molecule has 0 aliphatic heterocycles. The van der Waals surface area contributed by atoms with E-state index in [9.17, 15) is 4.79 Å². The standard InChI is InChI=1S/C6H8OS/c1-5(3-4-8)6(2)7/h3-4H,1-2H3/b5-3+. The maximum Gasteiger partial charge on any atom is 0.155 e. The van der Waals surface area contributed by atoms with Crippen LogP contribution in [0.5, 0.6) is 0 Å². The van der Waals surface area contributed by atoms with Crippen molar-refractivity contribution in [2.75, 3.05) is 0 Å². The normalized spacial score (nSPS) is 11.0. The van der Waals surface area contributed by atoms with Crippen molar-refractivity contribution in [3.63, 3.8) is 0 Å². The number of allylic oxidation sites excluding steroid dienone is 2. The molecule has 0 saturated heterocycles. The third kappa shape index (κ3) is 2.64. The highest BCUT2D eigenvalue weighted by Crippen LogP contribution is 1.90. The van der Waals surface area contributed by atoms with Crippen LogP contribution in [0.15, 0.2) is 11.6 Å². The second-order valence-electron chi connectivity index (χ2n) is 1.54. The van der Waals surface area contributed by atoms with Gasteiger partial charge in [0.25, 0.3) is 0 Å². The summed E-state index contributed by atoms with van der Waals surface area (Å²) in [4.78, 5) is 10.4. The Morgan fingerprint density at radius 2 is 2.00 bits per heavy atom. The number of thiocarbonyl (C=S) groups is 1. The minimum atomic E-state index is 0.0751. The summed E-state index contributed by atoms with van der Waals surface area (Å²) in [6, 6.07) is 0. The van der Waals surface area contributed by atoms with Gasteiger partial charge >= 0.3 is 0 Å². The molecule has 0 radical (unpaired) electrons. The molecule has 8 heavy (non-hydrogen) atoms. The first-order chi connectivity index (χ1) is 3.68. The monoisotopic (exact) mass is 128 g/mol. The minimum absolute atomic E-state index is 0.0751. The van der Waals surface area contributed by atoms with Gasteiger partial charge in [-0.2, -0.15) is 0 Å². The molecule has 1 nitrogen and oxygen atoms in total. The number of carbonyl (C=O) groups is 1. The van der Waals surface area contributed by atoms with Crippen LogP contribution in [0.2, 0.25) is 0 Å². The molecule has 2 heteroatoms. The lowest BCUT2D eigenvalue weighted by molar-refractivity contribution is -0.113. The van der Waals surface area contributed by atoms with Crippen LogP contribution in [0.1, 0.15) is 13.8 Å². The second kappa shape index (κ2) is 3.50. The average molecular weight is 128 g/mol. The Balaban J connectivity index is 3.99. The van der Waals surface area contributed by atoms with Crippen molar-refractivity contribution >= 4 is 23.4 Å². The Bertz CT molecular complexity index is 135. The Kier molecular flexibility index (Phi) is 3.28. The van der Waals surface area contributed by atoms with Gasteiger partial charge in [-0.3, -0.25) is 4.79 Å². The third-order valence-electron chi connectivity index (χ3n) is 0.873. The highest BCUT2D eigenvalue weighted by atomic mass is 32.1. The van der Waals surface area contributed by atoms with Gasteiger partial charge in [0.15, 0.2) is 5.78 Å². The van der Waals surface area contributed by atoms with Crippen LogP contribution in [-0.4, -0.2) is 11.2 Å². The van der Waals surface area contributed by atoms with Crippen LogP contribution in [-0.2, 0) is 4.79 Å². The number of rotatable bonds is 2. The summed E-state index contributed by atoms with van der Waals surface area (Å²) >= 11 is 4.49. The van der Waals surface area contributed by atoms with E-state index in [1.807, 2.05) is 0 Å². The Labute approximate surface area is 54.4 Å². The fourth-order valence-corrected chi connectivity index (χ4v) is 0.424. The lowest BCUT2D eigenvalue weighted by Crippen LogP contribution is -1.89. The molecule has 0 heterocycles. The average Bonchev–Trinajstić information content (AvgIpc) is 1.67. The van der Waals surface area contributed by atoms with E-state index >= 15 is 0 Å². The van der Waals surface area contributed by atoms with E-state index in [2.05, 4.69) is 12.2 Å². The smallest absolute Gasteiger partial charge is 0.155 e. The molecule has 0 amide bonds. The predicted molar refractivity (Wildman–Crippen MR) is 38.1 cm³/mol.